The molecule has 0 aliphatic rings. The Morgan fingerprint density at radius 1 is 0.909 bits per heavy atom. The molecule has 0 aliphatic carbocycles. The Balaban J connectivity index is 0. The minimum absolute atomic E-state index is 0.903. The molecule has 11 heavy (non-hydrogen) atoms. The summed E-state index contributed by atoms with van der Waals surface area (Å²) in [4.78, 5) is 0. The molecule has 0 spiro atoms. The van der Waals surface area contributed by atoms with Gasteiger partial charge in [-0.25, -0.2) is 0 Å². The number of halogens is 3. The molecule has 69 valence electrons. The summed E-state index contributed by atoms with van der Waals surface area (Å²) < 4.78 is 0. The molecule has 0 saturated heterocycles. The minimum atomic E-state index is -1.92. The zero-order valence-corrected chi connectivity index (χ0v) is 12.7. The summed E-state index contributed by atoms with van der Waals surface area (Å²) in [6.45, 7) is 9.10. The van der Waals surface area contributed by atoms with Gasteiger partial charge in [0, 0.05) is 0 Å². The third-order valence-electron chi connectivity index (χ3n) is 0.667. The summed E-state index contributed by atoms with van der Waals surface area (Å²) in [5, 5.41) is 0. The quantitative estimate of drug-likeness (QED) is 0.530. The average molecular weight is 297 g/mol. The summed E-state index contributed by atoms with van der Waals surface area (Å²) in [5.74, 6) is 0. The van der Waals surface area contributed by atoms with Gasteiger partial charge >= 0.3 is 41.6 Å². The molecule has 0 aromatic carbocycles. The molecule has 0 aromatic heterocycles. The topological polar surface area (TPSA) is 0 Å². The van der Waals surface area contributed by atoms with E-state index < -0.39 is 11.6 Å². The molecule has 0 heterocycles. The van der Waals surface area contributed by atoms with Gasteiger partial charge in [-0.1, -0.05) is 27.7 Å². The van der Waals surface area contributed by atoms with Crippen LogP contribution in [0.25, 0.3) is 0 Å². The van der Waals surface area contributed by atoms with E-state index in [1.165, 1.54) is 0 Å². The molecule has 0 atom stereocenters. The first kappa shape index (κ1) is 15.3. The van der Waals surface area contributed by atoms with Gasteiger partial charge in [0.05, 0.1) is 0 Å². The first-order valence-corrected chi connectivity index (χ1v) is 12.9. The van der Waals surface area contributed by atoms with Crippen LogP contribution in [0, 0.1) is 0 Å². The van der Waals surface area contributed by atoms with Crippen molar-refractivity contribution >= 4 is 50.2 Å². The van der Waals surface area contributed by atoms with E-state index >= 15 is 0 Å². The molecule has 0 fully saturated rings. The van der Waals surface area contributed by atoms with Crippen molar-refractivity contribution < 1.29 is 0 Å². The van der Waals surface area contributed by atoms with Gasteiger partial charge in [0.25, 0.3) is 0 Å². The maximum absolute atomic E-state index is 4.97. The Hall–Kier alpha value is 1.84. The molecular weight excluding hydrogens is 282 g/mol. The second-order valence-electron chi connectivity index (χ2n) is 2.69. The monoisotopic (exact) mass is 297 g/mol. The summed E-state index contributed by atoms with van der Waals surface area (Å²) in [6.07, 6.45) is 0. The fraction of sp³-hybridized carbons (Fsp3) is 1.00. The Morgan fingerprint density at radius 3 is 1.09 bits per heavy atom. The third kappa shape index (κ3) is 33.6. The van der Waals surface area contributed by atoms with Crippen LogP contribution in [0.2, 0.25) is 0 Å². The Labute approximate surface area is 88.8 Å². The van der Waals surface area contributed by atoms with Crippen LogP contribution in [-0.2, 0) is 0 Å². The van der Waals surface area contributed by atoms with Gasteiger partial charge in [-0.3, -0.25) is 0 Å². The van der Waals surface area contributed by atoms with Gasteiger partial charge in [-0.05, 0) is 11.3 Å². The van der Waals surface area contributed by atoms with Crippen LogP contribution < -0.4 is 0 Å². The van der Waals surface area contributed by atoms with Crippen LogP contribution in [-0.4, -0.2) is 22.9 Å². The SMILES string of the molecule is CC(C)PC(C)C.[Cl][Ge]([Cl])[Cl]. The molecule has 0 N–H and O–H groups in total. The molecule has 0 bridgehead atoms. The molecule has 0 saturated carbocycles. The molecule has 0 unspecified atom stereocenters. The van der Waals surface area contributed by atoms with Gasteiger partial charge in [-0.2, -0.15) is 0 Å². The van der Waals surface area contributed by atoms with E-state index in [4.69, 9.17) is 30.0 Å². The summed E-state index contributed by atoms with van der Waals surface area (Å²) in [6, 6.07) is 0. The normalized spacial score (nSPS) is 10.4. The van der Waals surface area contributed by atoms with E-state index in [0.717, 1.165) is 19.9 Å². The molecule has 0 nitrogen and oxygen atoms in total. The molecule has 0 aromatic rings. The predicted molar refractivity (Wildman–Crippen MR) is 61.9 cm³/mol. The maximum atomic E-state index is 4.97. The van der Waals surface area contributed by atoms with Crippen LogP contribution in [0.3, 0.4) is 0 Å². The van der Waals surface area contributed by atoms with Crippen LogP contribution in [0.4, 0.5) is 0 Å². The average Bonchev–Trinajstić information content (AvgIpc) is 1.56. The second-order valence-corrected chi connectivity index (χ2v) is 15.1. The zero-order valence-electron chi connectivity index (χ0n) is 7.29. The van der Waals surface area contributed by atoms with Crippen LogP contribution in [0.5, 0.6) is 0 Å². The summed E-state index contributed by atoms with van der Waals surface area (Å²) in [7, 11) is 16.1. The Bertz CT molecular complexity index is 69.5. The van der Waals surface area contributed by atoms with Crippen molar-refractivity contribution in [1.82, 2.24) is 0 Å². The Kier molecular flexibility index (Phi) is 13.8. The first-order valence-electron chi connectivity index (χ1n) is 3.45. The van der Waals surface area contributed by atoms with E-state index in [9.17, 15) is 0 Å². The predicted octanol–water partition coefficient (Wildman–Crippen LogP) is 4.17. The van der Waals surface area contributed by atoms with Gasteiger partial charge in [0.1, 0.15) is 0 Å². The van der Waals surface area contributed by atoms with Gasteiger partial charge < -0.3 is 0 Å². The number of rotatable bonds is 2. The summed E-state index contributed by atoms with van der Waals surface area (Å²) >= 11 is -1.92. The van der Waals surface area contributed by atoms with Crippen LogP contribution in [0.1, 0.15) is 27.7 Å². The van der Waals surface area contributed by atoms with Crippen molar-refractivity contribution in [3.63, 3.8) is 0 Å². The van der Waals surface area contributed by atoms with E-state index in [2.05, 4.69) is 27.7 Å². The zero-order chi connectivity index (χ0) is 9.44. The van der Waals surface area contributed by atoms with Gasteiger partial charge in [0.2, 0.25) is 0 Å². The fourth-order valence-electron chi connectivity index (χ4n) is 0.667. The number of hydrogen-bond acceptors (Lipinski definition) is 0. The van der Waals surface area contributed by atoms with E-state index in [1.54, 1.807) is 0 Å². The van der Waals surface area contributed by atoms with Crippen molar-refractivity contribution in [2.24, 2.45) is 0 Å². The summed E-state index contributed by atoms with van der Waals surface area (Å²) in [5.41, 5.74) is 1.81. The van der Waals surface area contributed by atoms with Crippen molar-refractivity contribution in [3.05, 3.63) is 0 Å². The molecule has 0 rings (SSSR count). The van der Waals surface area contributed by atoms with E-state index in [1.807, 2.05) is 0 Å². The van der Waals surface area contributed by atoms with Gasteiger partial charge in [-0.15, -0.1) is 8.58 Å². The van der Waals surface area contributed by atoms with E-state index in [-0.39, 0.29) is 0 Å². The third-order valence-corrected chi connectivity index (χ3v) is 2.00. The number of hydrogen-bond donors (Lipinski definition) is 0. The van der Waals surface area contributed by atoms with Crippen molar-refractivity contribution in [2.45, 2.75) is 39.0 Å². The van der Waals surface area contributed by atoms with Crippen molar-refractivity contribution in [3.8, 4) is 0 Å². The molecule has 0 aliphatic heterocycles. The van der Waals surface area contributed by atoms with Gasteiger partial charge in [0.15, 0.2) is 0 Å². The van der Waals surface area contributed by atoms with Crippen LogP contribution in [0.15, 0.2) is 0 Å². The molecular formula is C6H15Cl3GeP. The van der Waals surface area contributed by atoms with Crippen molar-refractivity contribution in [1.29, 1.82) is 0 Å². The van der Waals surface area contributed by atoms with Crippen LogP contribution >= 0.6 is 38.6 Å². The van der Waals surface area contributed by atoms with E-state index in [0.29, 0.717) is 0 Å². The molecule has 0 amide bonds. The molecule has 1 radical (unpaired) electrons. The second kappa shape index (κ2) is 9.93. The molecule has 5 heteroatoms. The first-order chi connectivity index (χ1) is 4.86. The van der Waals surface area contributed by atoms with Crippen molar-refractivity contribution in [2.75, 3.05) is 0 Å². The Morgan fingerprint density at radius 2 is 1.09 bits per heavy atom. The fourth-order valence-corrected chi connectivity index (χ4v) is 2.00. The standard InChI is InChI=1S/C6H15P.Cl3Ge/c1-5(2)7-6(3)4;1-4(2)3/h5-7H,1-4H3;.